The molecule has 1 amide bonds. The van der Waals surface area contributed by atoms with Gasteiger partial charge in [0.25, 0.3) is 0 Å². The van der Waals surface area contributed by atoms with Crippen molar-refractivity contribution in [3.8, 4) is 5.75 Å². The fraction of sp³-hybridized carbons (Fsp3) is 0.462. The summed E-state index contributed by atoms with van der Waals surface area (Å²) < 4.78 is 19.4. The van der Waals surface area contributed by atoms with E-state index in [4.69, 9.17) is 15.9 Å². The summed E-state index contributed by atoms with van der Waals surface area (Å²) in [5, 5.41) is 19.6. The van der Waals surface area contributed by atoms with Gasteiger partial charge in [0, 0.05) is 16.5 Å². The number of carboxylic acids is 1. The van der Waals surface area contributed by atoms with Gasteiger partial charge in [-0.3, -0.25) is 15.0 Å². The zero-order chi connectivity index (χ0) is 27.0. The van der Waals surface area contributed by atoms with Crippen molar-refractivity contribution in [3.63, 3.8) is 0 Å². The molecule has 0 saturated heterocycles. The molecule has 2 rings (SSSR count). The van der Waals surface area contributed by atoms with Crippen LogP contribution in [0.25, 0.3) is 0 Å². The van der Waals surface area contributed by atoms with Crippen LogP contribution in [0.3, 0.4) is 0 Å². The van der Waals surface area contributed by atoms with Crippen LogP contribution in [0.1, 0.15) is 73.5 Å². The normalized spacial score (nSPS) is 12.7. The fourth-order valence-electron chi connectivity index (χ4n) is 3.91. The standard InChI is InChI=1S/C26H34FN3O5S.ClH/c1-5-15(4)19(13-22(31)32)30-25(34)26(6-2,7-3)14-17-9-11-21(36-17)24(33)35-20-10-8-16(23(28)29)12-18(20)27;/h8-12,15,19H,5-7,13-14H2,1-4H3,(H3,28,29)(H,30,34)(H,31,32);1H/t15?,19-;/m1./s1. The topological polar surface area (TPSA) is 143 Å². The van der Waals surface area contributed by atoms with Gasteiger partial charge in [-0.05, 0) is 55.5 Å². The first-order valence-electron chi connectivity index (χ1n) is 11.9. The Kier molecular flexibility index (Phi) is 12.2. The number of benzene rings is 1. The summed E-state index contributed by atoms with van der Waals surface area (Å²) in [6.07, 6.45) is 2.01. The molecule has 8 nitrogen and oxygen atoms in total. The molecule has 204 valence electrons. The van der Waals surface area contributed by atoms with Gasteiger partial charge in [-0.1, -0.05) is 34.1 Å². The van der Waals surface area contributed by atoms with Gasteiger partial charge in [0.2, 0.25) is 5.91 Å². The number of hydrogen-bond acceptors (Lipinski definition) is 6. The van der Waals surface area contributed by atoms with Crippen LogP contribution in [0.4, 0.5) is 4.39 Å². The lowest BCUT2D eigenvalue weighted by atomic mass is 9.77. The number of nitrogen functional groups attached to an aromatic ring is 1. The molecule has 37 heavy (non-hydrogen) atoms. The highest BCUT2D eigenvalue weighted by Crippen LogP contribution is 2.35. The van der Waals surface area contributed by atoms with Crippen LogP contribution in [0.5, 0.6) is 5.75 Å². The second-order valence-electron chi connectivity index (χ2n) is 8.94. The number of carbonyl (C=O) groups excluding carboxylic acids is 2. The van der Waals surface area contributed by atoms with Crippen LogP contribution in [0.2, 0.25) is 0 Å². The van der Waals surface area contributed by atoms with Crippen molar-refractivity contribution in [2.45, 2.75) is 65.8 Å². The van der Waals surface area contributed by atoms with Gasteiger partial charge in [-0.2, -0.15) is 0 Å². The Bertz CT molecular complexity index is 1120. The number of carboxylic acid groups (broad SMARTS) is 1. The SMILES string of the molecule is CCC(C)[C@@H](CC(=O)O)NC(=O)C(CC)(CC)Cc1ccc(C(=O)Oc2ccc(C(=N)N)cc2F)s1.Cl. The van der Waals surface area contributed by atoms with Crippen LogP contribution in [0.15, 0.2) is 30.3 Å². The van der Waals surface area contributed by atoms with Gasteiger partial charge in [0.15, 0.2) is 11.6 Å². The third-order valence-corrected chi connectivity index (χ3v) is 7.76. The smallest absolute Gasteiger partial charge is 0.353 e. The molecule has 0 fully saturated rings. The van der Waals surface area contributed by atoms with E-state index in [-0.39, 0.29) is 52.7 Å². The lowest BCUT2D eigenvalue weighted by Crippen LogP contribution is -2.49. The molecular weight excluding hydrogens is 521 g/mol. The summed E-state index contributed by atoms with van der Waals surface area (Å²) in [4.78, 5) is 38.4. The Morgan fingerprint density at radius 2 is 1.84 bits per heavy atom. The Hall–Kier alpha value is -2.98. The number of halogens is 2. The largest absolute Gasteiger partial charge is 0.481 e. The molecule has 0 aliphatic carbocycles. The molecule has 0 spiro atoms. The third kappa shape index (κ3) is 8.26. The number of esters is 1. The number of nitrogens with one attached hydrogen (secondary N) is 2. The van der Waals surface area contributed by atoms with Crippen molar-refractivity contribution in [3.05, 3.63) is 51.5 Å². The fourth-order valence-corrected chi connectivity index (χ4v) is 4.94. The maximum atomic E-state index is 14.3. The Balaban J connectivity index is 0.00000684. The molecule has 0 saturated carbocycles. The van der Waals surface area contributed by atoms with E-state index in [9.17, 15) is 23.9 Å². The van der Waals surface area contributed by atoms with Gasteiger partial charge in [-0.25, -0.2) is 9.18 Å². The Morgan fingerprint density at radius 3 is 2.35 bits per heavy atom. The summed E-state index contributed by atoms with van der Waals surface area (Å²) in [6, 6.07) is 6.50. The lowest BCUT2D eigenvalue weighted by Gasteiger charge is -2.33. The van der Waals surface area contributed by atoms with Crippen LogP contribution in [0, 0.1) is 22.6 Å². The zero-order valence-electron chi connectivity index (χ0n) is 21.4. The number of rotatable bonds is 13. The molecule has 0 bridgehead atoms. The number of amides is 1. The first-order valence-corrected chi connectivity index (χ1v) is 12.8. The second kappa shape index (κ2) is 14.1. The number of nitrogens with two attached hydrogens (primary N) is 1. The van der Waals surface area contributed by atoms with Crippen molar-refractivity contribution >= 4 is 47.4 Å². The highest BCUT2D eigenvalue weighted by atomic mass is 35.5. The zero-order valence-corrected chi connectivity index (χ0v) is 23.1. The van der Waals surface area contributed by atoms with E-state index in [1.54, 1.807) is 12.1 Å². The number of thiophene rings is 1. The lowest BCUT2D eigenvalue weighted by molar-refractivity contribution is -0.139. The van der Waals surface area contributed by atoms with E-state index in [2.05, 4.69) is 5.32 Å². The molecule has 1 unspecified atom stereocenters. The van der Waals surface area contributed by atoms with Gasteiger partial charge in [0.05, 0.1) is 11.8 Å². The van der Waals surface area contributed by atoms with Crippen molar-refractivity contribution < 1.29 is 28.6 Å². The number of carbonyl (C=O) groups is 3. The quantitative estimate of drug-likeness (QED) is 0.116. The Morgan fingerprint density at radius 1 is 1.19 bits per heavy atom. The van der Waals surface area contributed by atoms with E-state index in [0.29, 0.717) is 19.3 Å². The van der Waals surface area contributed by atoms with E-state index >= 15 is 0 Å². The minimum Gasteiger partial charge on any atom is -0.481 e. The van der Waals surface area contributed by atoms with Gasteiger partial charge in [0.1, 0.15) is 10.7 Å². The summed E-state index contributed by atoms with van der Waals surface area (Å²) in [5.74, 6) is -3.28. The number of amidine groups is 1. The van der Waals surface area contributed by atoms with Gasteiger partial charge in [-0.15, -0.1) is 23.7 Å². The molecule has 5 N–H and O–H groups in total. The van der Waals surface area contributed by atoms with Crippen LogP contribution in [-0.2, 0) is 16.0 Å². The van der Waals surface area contributed by atoms with Crippen LogP contribution in [-0.4, -0.2) is 34.8 Å². The number of hydrogen-bond donors (Lipinski definition) is 4. The summed E-state index contributed by atoms with van der Waals surface area (Å²) >= 11 is 1.16. The molecule has 2 atom stereocenters. The number of aliphatic carboxylic acids is 1. The monoisotopic (exact) mass is 555 g/mol. The van der Waals surface area contributed by atoms with Crippen LogP contribution >= 0.6 is 23.7 Å². The summed E-state index contributed by atoms with van der Waals surface area (Å²) in [6.45, 7) is 7.69. The molecule has 1 heterocycles. The van der Waals surface area contributed by atoms with E-state index in [1.165, 1.54) is 12.1 Å². The molecule has 1 aromatic heterocycles. The second-order valence-corrected chi connectivity index (χ2v) is 10.1. The molecule has 0 radical (unpaired) electrons. The van der Waals surface area contributed by atoms with Crippen molar-refractivity contribution in [2.75, 3.05) is 0 Å². The average Bonchev–Trinajstić information content (AvgIpc) is 3.30. The number of ether oxygens (including phenoxy) is 1. The van der Waals surface area contributed by atoms with Crippen molar-refractivity contribution in [2.24, 2.45) is 17.1 Å². The van der Waals surface area contributed by atoms with Gasteiger partial charge >= 0.3 is 11.9 Å². The van der Waals surface area contributed by atoms with Crippen molar-refractivity contribution in [1.29, 1.82) is 5.41 Å². The highest BCUT2D eigenvalue weighted by Gasteiger charge is 2.37. The van der Waals surface area contributed by atoms with E-state index in [1.807, 2.05) is 27.7 Å². The van der Waals surface area contributed by atoms with Crippen LogP contribution < -0.4 is 15.8 Å². The minimum atomic E-state index is -0.965. The van der Waals surface area contributed by atoms with Gasteiger partial charge < -0.3 is 20.9 Å². The predicted octanol–water partition coefficient (Wildman–Crippen LogP) is 5.17. The molecule has 0 aliphatic rings. The average molecular weight is 556 g/mol. The predicted molar refractivity (Wildman–Crippen MR) is 144 cm³/mol. The first kappa shape index (κ1) is 32.0. The minimum absolute atomic E-state index is 0. The Labute approximate surface area is 226 Å². The van der Waals surface area contributed by atoms with E-state index < -0.39 is 29.2 Å². The third-order valence-electron chi connectivity index (χ3n) is 6.70. The molecule has 0 aliphatic heterocycles. The summed E-state index contributed by atoms with van der Waals surface area (Å²) in [7, 11) is 0. The maximum Gasteiger partial charge on any atom is 0.353 e. The first-order chi connectivity index (χ1) is 17.0. The highest BCUT2D eigenvalue weighted by molar-refractivity contribution is 7.14. The molecule has 1 aromatic carbocycles. The van der Waals surface area contributed by atoms with Crippen molar-refractivity contribution in [1.82, 2.24) is 5.32 Å². The molecular formula is C26H35ClFN3O5S. The van der Waals surface area contributed by atoms with E-state index in [0.717, 1.165) is 28.7 Å². The molecule has 11 heteroatoms. The summed E-state index contributed by atoms with van der Waals surface area (Å²) in [5.41, 5.74) is 4.75. The molecule has 2 aromatic rings. The maximum absolute atomic E-state index is 14.3.